The van der Waals surface area contributed by atoms with Gasteiger partial charge < -0.3 is 5.32 Å². The number of nitrogens with one attached hydrogen (secondary N) is 1. The van der Waals surface area contributed by atoms with Crippen LogP contribution < -0.4 is 5.32 Å². The minimum Gasteiger partial charge on any atom is -0.378 e. The average Bonchev–Trinajstić information content (AvgIpc) is 3.09. The maximum atomic E-state index is 11.3. The normalized spacial score (nSPS) is 22.0. The van der Waals surface area contributed by atoms with E-state index >= 15 is 0 Å². The Morgan fingerprint density at radius 3 is 2.57 bits per heavy atom. The van der Waals surface area contributed by atoms with E-state index in [9.17, 15) is 10.1 Å². The van der Waals surface area contributed by atoms with Gasteiger partial charge in [-0.05, 0) is 52.8 Å². The van der Waals surface area contributed by atoms with E-state index in [2.05, 4.69) is 17.4 Å². The molecule has 28 heavy (non-hydrogen) atoms. The molecule has 0 unspecified atom stereocenters. The lowest BCUT2D eigenvalue weighted by atomic mass is 9.75. The molecule has 0 fully saturated rings. The van der Waals surface area contributed by atoms with Gasteiger partial charge in [0.2, 0.25) is 0 Å². The van der Waals surface area contributed by atoms with E-state index in [-0.39, 0.29) is 28.5 Å². The largest absolute Gasteiger partial charge is 0.378 e. The molecule has 1 aliphatic heterocycles. The Labute approximate surface area is 172 Å². The number of fused-ring (bicyclic) bond motifs is 5. The van der Waals surface area contributed by atoms with Crippen LogP contribution in [-0.4, -0.2) is 4.92 Å². The minimum atomic E-state index is -0.332. The number of anilines is 1. The van der Waals surface area contributed by atoms with Crippen molar-refractivity contribution < 1.29 is 4.92 Å². The third-order valence-electron chi connectivity index (χ3n) is 5.90. The summed E-state index contributed by atoms with van der Waals surface area (Å²) >= 11 is 12.4. The van der Waals surface area contributed by atoms with Gasteiger partial charge in [-0.1, -0.05) is 53.5 Å². The lowest BCUT2D eigenvalue weighted by Crippen LogP contribution is -2.30. The van der Waals surface area contributed by atoms with E-state index in [1.807, 2.05) is 36.4 Å². The molecule has 4 nitrogen and oxygen atoms in total. The van der Waals surface area contributed by atoms with E-state index in [0.717, 1.165) is 23.2 Å². The molecular formula is C22H16Cl2N2O2. The molecule has 0 amide bonds. The van der Waals surface area contributed by atoms with Crippen molar-refractivity contribution in [3.8, 4) is 0 Å². The van der Waals surface area contributed by atoms with Crippen LogP contribution in [0.25, 0.3) is 0 Å². The van der Waals surface area contributed by atoms with Crippen molar-refractivity contribution in [2.75, 3.05) is 5.32 Å². The molecule has 1 N–H and O–H groups in total. The smallest absolute Gasteiger partial charge is 0.269 e. The van der Waals surface area contributed by atoms with Gasteiger partial charge in [-0.2, -0.15) is 0 Å². The van der Waals surface area contributed by atoms with Crippen LogP contribution in [0.3, 0.4) is 0 Å². The van der Waals surface area contributed by atoms with Gasteiger partial charge >= 0.3 is 0 Å². The van der Waals surface area contributed by atoms with E-state index < -0.39 is 0 Å². The van der Waals surface area contributed by atoms with Gasteiger partial charge in [-0.15, -0.1) is 0 Å². The van der Waals surface area contributed by atoms with E-state index in [1.54, 1.807) is 12.1 Å². The fraction of sp³-hybridized carbons (Fsp3) is 0.182. The highest BCUT2D eigenvalue weighted by atomic mass is 35.5. The van der Waals surface area contributed by atoms with E-state index in [0.29, 0.717) is 10.0 Å². The number of hydrogen-bond acceptors (Lipinski definition) is 3. The first kappa shape index (κ1) is 17.5. The zero-order chi connectivity index (χ0) is 19.4. The Kier molecular flexibility index (Phi) is 4.07. The Morgan fingerprint density at radius 1 is 0.964 bits per heavy atom. The summed E-state index contributed by atoms with van der Waals surface area (Å²) in [6, 6.07) is 19.2. The van der Waals surface area contributed by atoms with Gasteiger partial charge in [0, 0.05) is 23.7 Å². The van der Waals surface area contributed by atoms with Crippen molar-refractivity contribution in [2.45, 2.75) is 18.4 Å². The summed E-state index contributed by atoms with van der Waals surface area (Å²) < 4.78 is 0. The quantitative estimate of drug-likeness (QED) is 0.394. The number of nitro benzene ring substituents is 1. The molecule has 6 heteroatoms. The maximum absolute atomic E-state index is 11.3. The first-order chi connectivity index (χ1) is 13.5. The molecule has 0 saturated heterocycles. The fourth-order valence-electron chi connectivity index (χ4n) is 4.70. The Balaban J connectivity index is 1.68. The summed E-state index contributed by atoms with van der Waals surface area (Å²) in [5.74, 6) is 0.343. The number of nitro groups is 1. The summed E-state index contributed by atoms with van der Waals surface area (Å²) in [6.07, 6.45) is 0.904. The predicted octanol–water partition coefficient (Wildman–Crippen LogP) is 6.37. The number of nitrogens with zero attached hydrogens (tertiary/aromatic N) is 1. The standard InChI is InChI=1S/C22H16Cl2N2O2/c23-18-7-5-13(10-19(18)24)22-17-9-12-3-1-2-4-15(12)21(17)16-11-14(26(27)28)6-8-20(16)25-22/h1-8,10-11,17,21-22,25H,9H2/t17-,21+,22-/m1/s1. The third-order valence-corrected chi connectivity index (χ3v) is 6.64. The van der Waals surface area contributed by atoms with Gasteiger partial charge in [0.05, 0.1) is 21.0 Å². The van der Waals surface area contributed by atoms with Crippen LogP contribution in [0.2, 0.25) is 10.0 Å². The highest BCUT2D eigenvalue weighted by Gasteiger charge is 2.43. The van der Waals surface area contributed by atoms with Crippen molar-refractivity contribution in [3.63, 3.8) is 0 Å². The molecule has 3 aromatic rings. The highest BCUT2D eigenvalue weighted by Crippen LogP contribution is 2.54. The number of halogens is 2. The van der Waals surface area contributed by atoms with E-state index in [1.165, 1.54) is 11.1 Å². The van der Waals surface area contributed by atoms with Crippen molar-refractivity contribution in [1.29, 1.82) is 0 Å². The van der Waals surface area contributed by atoms with Crippen molar-refractivity contribution in [2.24, 2.45) is 5.92 Å². The zero-order valence-corrected chi connectivity index (χ0v) is 16.2. The molecule has 3 atom stereocenters. The number of hydrogen-bond donors (Lipinski definition) is 1. The van der Waals surface area contributed by atoms with Crippen molar-refractivity contribution >= 4 is 34.6 Å². The lowest BCUT2D eigenvalue weighted by molar-refractivity contribution is -0.384. The van der Waals surface area contributed by atoms with Crippen LogP contribution in [0.15, 0.2) is 60.7 Å². The average molecular weight is 411 g/mol. The number of rotatable bonds is 2. The number of non-ortho nitro benzene ring substituents is 1. The van der Waals surface area contributed by atoms with Gasteiger partial charge in [0.25, 0.3) is 5.69 Å². The van der Waals surface area contributed by atoms with Crippen LogP contribution >= 0.6 is 23.2 Å². The molecule has 2 aliphatic rings. The molecule has 5 rings (SSSR count). The zero-order valence-electron chi connectivity index (χ0n) is 14.7. The van der Waals surface area contributed by atoms with Crippen molar-refractivity contribution in [3.05, 3.63) is 103 Å². The van der Waals surface area contributed by atoms with E-state index in [4.69, 9.17) is 23.2 Å². The molecule has 0 aromatic heterocycles. The van der Waals surface area contributed by atoms with Crippen LogP contribution in [-0.2, 0) is 6.42 Å². The molecule has 140 valence electrons. The first-order valence-electron chi connectivity index (χ1n) is 9.10. The molecule has 3 aromatic carbocycles. The Hall–Kier alpha value is -2.56. The SMILES string of the molecule is O=[N+]([O-])c1ccc2c(c1)[C@@H]1c3ccccc3C[C@H]1[C@@H](c1ccc(Cl)c(Cl)c1)N2. The molecule has 1 aliphatic carbocycles. The van der Waals surface area contributed by atoms with Crippen molar-refractivity contribution in [1.82, 2.24) is 0 Å². The molecular weight excluding hydrogens is 395 g/mol. The second-order valence-electron chi connectivity index (χ2n) is 7.37. The molecule has 0 saturated carbocycles. The second-order valence-corrected chi connectivity index (χ2v) is 8.18. The van der Waals surface area contributed by atoms with Gasteiger partial charge in [0.15, 0.2) is 0 Å². The van der Waals surface area contributed by atoms with Crippen LogP contribution in [0.4, 0.5) is 11.4 Å². The molecule has 1 heterocycles. The summed E-state index contributed by atoms with van der Waals surface area (Å²) in [7, 11) is 0. The highest BCUT2D eigenvalue weighted by molar-refractivity contribution is 6.42. The van der Waals surface area contributed by atoms with Gasteiger partial charge in [0.1, 0.15) is 0 Å². The molecule has 0 spiro atoms. The Bertz CT molecular complexity index is 1120. The van der Waals surface area contributed by atoms with Crippen LogP contribution in [0, 0.1) is 16.0 Å². The Morgan fingerprint density at radius 2 is 1.79 bits per heavy atom. The second kappa shape index (κ2) is 6.50. The lowest BCUT2D eigenvalue weighted by Gasteiger charge is -2.38. The topological polar surface area (TPSA) is 55.2 Å². The van der Waals surface area contributed by atoms with Gasteiger partial charge in [-0.25, -0.2) is 0 Å². The predicted molar refractivity (Wildman–Crippen MR) is 111 cm³/mol. The first-order valence-corrected chi connectivity index (χ1v) is 9.86. The summed E-state index contributed by atoms with van der Waals surface area (Å²) in [5, 5.41) is 16.0. The molecule has 0 bridgehead atoms. The monoisotopic (exact) mass is 410 g/mol. The molecule has 0 radical (unpaired) electrons. The van der Waals surface area contributed by atoms with Crippen LogP contribution in [0.5, 0.6) is 0 Å². The summed E-state index contributed by atoms with van der Waals surface area (Å²) in [5.41, 5.74) is 5.66. The minimum absolute atomic E-state index is 0.0427. The maximum Gasteiger partial charge on any atom is 0.269 e. The number of benzene rings is 3. The van der Waals surface area contributed by atoms with Gasteiger partial charge in [-0.3, -0.25) is 10.1 Å². The summed E-state index contributed by atoms with van der Waals surface area (Å²) in [4.78, 5) is 11.0. The fourth-order valence-corrected chi connectivity index (χ4v) is 5.00. The third kappa shape index (κ3) is 2.67. The van der Waals surface area contributed by atoms with Crippen LogP contribution in [0.1, 0.15) is 34.2 Å². The summed E-state index contributed by atoms with van der Waals surface area (Å²) in [6.45, 7) is 0.